The summed E-state index contributed by atoms with van der Waals surface area (Å²) in [6, 6.07) is 53.2. The summed E-state index contributed by atoms with van der Waals surface area (Å²) in [5.74, 6) is 2.52. The van der Waals surface area contributed by atoms with E-state index in [-0.39, 0.29) is 35.1 Å². The molecule has 0 saturated heterocycles. The summed E-state index contributed by atoms with van der Waals surface area (Å²) in [6.45, 7) is 29.6. The van der Waals surface area contributed by atoms with E-state index in [4.69, 9.17) is 22.9 Å². The Morgan fingerprint density at radius 2 is 0.681 bits per heavy atom. The van der Waals surface area contributed by atoms with Crippen molar-refractivity contribution in [2.45, 2.75) is 529 Å². The van der Waals surface area contributed by atoms with Crippen LogP contribution in [0.5, 0.6) is 0 Å². The lowest BCUT2D eigenvalue weighted by atomic mass is 9.61. The molecular formula is C127H214N4O4. The maximum atomic E-state index is 9.68. The van der Waals surface area contributed by atoms with Crippen LogP contribution in [0.15, 0.2) is 140 Å². The molecule has 4 aliphatic rings. The highest BCUT2D eigenvalue weighted by Gasteiger charge is 2.41. The summed E-state index contributed by atoms with van der Waals surface area (Å²) in [5, 5.41) is 37.9. The lowest BCUT2D eigenvalue weighted by molar-refractivity contribution is 0.0434. The molecule has 8 nitrogen and oxygen atoms in total. The molecule has 4 aliphatic carbocycles. The average molecular weight is 1860 g/mol. The molecule has 0 radical (unpaired) electrons. The van der Waals surface area contributed by atoms with Gasteiger partial charge in [-0.2, -0.15) is 0 Å². The molecule has 3 fully saturated rings. The Kier molecular flexibility index (Phi) is 63.0. The van der Waals surface area contributed by atoms with E-state index in [0.717, 1.165) is 89.4 Å². The predicted octanol–water partition coefficient (Wildman–Crippen LogP) is 32.9. The monoisotopic (exact) mass is 1860 g/mol. The molecule has 7 unspecified atom stereocenters. The smallest absolute Gasteiger partial charge is 0.0613 e. The van der Waals surface area contributed by atoms with Crippen molar-refractivity contribution < 1.29 is 20.4 Å². The first-order chi connectivity index (χ1) is 65.3. The first-order valence-electron chi connectivity index (χ1n) is 57.4. The Hall–Kier alpha value is -5.00. The van der Waals surface area contributed by atoms with E-state index < -0.39 is 11.1 Å². The maximum absolute atomic E-state index is 9.68. The van der Waals surface area contributed by atoms with Crippen LogP contribution in [-0.4, -0.2) is 69.0 Å². The minimum atomic E-state index is -0.419. The number of aryl methyl sites for hydroxylation is 9. The maximum Gasteiger partial charge on any atom is 0.0613 e. The SMILES string of the molecule is CCCCCCCCCc1ccc(CC2CCC(C)(CO)C2)cc1.CCCCCCCCc1ccc(C2CC(C)(CO)C2)cc1.CCCCCCCCc1ccc(CC2CCCC2(N)CC)cc1.CCCCCCCCc1ccc(CCC(N)(CC)CO)cc1.CCCCCCCCc1ccc(CC[C@](C)(N)CC)cc1.CCCCCCCCc1ccc2c(c1)CCC(C(N)(CC)CO)C2. The summed E-state index contributed by atoms with van der Waals surface area (Å²) in [7, 11) is 0. The number of nitrogens with two attached hydrogens (primary N) is 4. The molecule has 8 atom stereocenters. The van der Waals surface area contributed by atoms with Gasteiger partial charge in [0.05, 0.1) is 13.2 Å². The Labute approximate surface area is 833 Å². The van der Waals surface area contributed by atoms with Crippen LogP contribution in [0.25, 0.3) is 0 Å². The third kappa shape index (κ3) is 50.0. The fraction of sp³-hybridized carbons (Fsp3) is 0.717. The molecule has 0 aromatic heterocycles. The van der Waals surface area contributed by atoms with Crippen LogP contribution in [0, 0.1) is 28.6 Å². The zero-order valence-electron chi connectivity index (χ0n) is 90.3. The van der Waals surface area contributed by atoms with Crippen molar-refractivity contribution in [1.29, 1.82) is 0 Å². The summed E-state index contributed by atoms with van der Waals surface area (Å²) >= 11 is 0. The molecule has 766 valence electrons. The van der Waals surface area contributed by atoms with Crippen LogP contribution in [0.2, 0.25) is 0 Å². The third-order valence-corrected chi connectivity index (χ3v) is 32.5. The fourth-order valence-corrected chi connectivity index (χ4v) is 21.4. The number of hydrogen-bond acceptors (Lipinski definition) is 8. The molecule has 135 heavy (non-hydrogen) atoms. The highest BCUT2D eigenvalue weighted by molar-refractivity contribution is 5.36. The fourth-order valence-electron chi connectivity index (χ4n) is 21.4. The minimum Gasteiger partial charge on any atom is -0.396 e. The van der Waals surface area contributed by atoms with Crippen molar-refractivity contribution in [2.75, 3.05) is 26.4 Å². The van der Waals surface area contributed by atoms with Gasteiger partial charge < -0.3 is 43.4 Å². The summed E-state index contributed by atoms with van der Waals surface area (Å²) in [6.07, 6.45) is 81.2. The molecular weight excluding hydrogens is 1650 g/mol. The van der Waals surface area contributed by atoms with Gasteiger partial charge in [-0.25, -0.2) is 0 Å². The lowest BCUT2D eigenvalue weighted by Gasteiger charge is -2.44. The molecule has 6 aromatic carbocycles. The molecule has 8 heteroatoms. The van der Waals surface area contributed by atoms with E-state index >= 15 is 0 Å². The van der Waals surface area contributed by atoms with Gasteiger partial charge in [-0.15, -0.1) is 0 Å². The molecule has 6 aromatic rings. The van der Waals surface area contributed by atoms with Gasteiger partial charge in [0.1, 0.15) is 0 Å². The van der Waals surface area contributed by atoms with Gasteiger partial charge in [-0.3, -0.25) is 0 Å². The molecule has 0 bridgehead atoms. The number of rotatable bonds is 63. The van der Waals surface area contributed by atoms with Crippen LogP contribution in [0.4, 0.5) is 0 Å². The Morgan fingerprint density at radius 3 is 1.03 bits per heavy atom. The lowest BCUT2D eigenvalue weighted by Crippen LogP contribution is -2.51. The second kappa shape index (κ2) is 70.6. The highest BCUT2D eigenvalue weighted by Crippen LogP contribution is 2.51. The average Bonchev–Trinajstić information content (AvgIpc) is 1.63. The standard InChI is InChI=1S/C23H38O.C22H37NO.C22H37N.C20H35NO.C20H35N.C20H32O/c1-3-4-5-6-7-8-9-10-20-11-13-21(14-12-20)17-22-15-16-23(2,18-22)19-24;1-3-5-6-7-8-9-10-18-11-12-20-16-21(14-13-19(20)15-18)22(23,4-2)17-24;1-3-5-6-7-8-9-11-19-13-15-20(16-14-19)18-21-12-10-17-22(21,23)4-2;1-3-5-6-7-8-9-10-18-11-13-19(14-12-18)15-16-20(21,4-2)17-22;1-4-6-7-8-9-10-11-18-12-14-19(15-13-18)16-17-20(3,21)5-2;1-3-4-5-6-7-8-9-17-10-12-18(13-11-17)19-14-20(2,15-19)16-21/h11-14,22,24H,3-10,15-19H2,1-2H3;11-12,15,21,24H,3-10,13-14,16-17,23H2,1-2H3;13-16,21H,3-12,17-18,23H2,1-2H3;11-14,22H,3-10,15-17,21H2,1-2H3;12-15H,4-11,16-17,21H2,1-3H3;10-13,19,21H,3-9,14-16H2,1-2H3/t;;;;20-;/m....1./s1. The van der Waals surface area contributed by atoms with Gasteiger partial charge in [-0.05, 0) is 319 Å². The first kappa shape index (κ1) is 120. The number of aliphatic hydroxyl groups excluding tert-OH is 4. The number of benzene rings is 6. The van der Waals surface area contributed by atoms with E-state index in [1.54, 1.807) is 0 Å². The minimum absolute atomic E-state index is 0.0167. The van der Waals surface area contributed by atoms with E-state index in [1.807, 2.05) is 6.92 Å². The number of unbranched alkanes of at least 4 members (excludes halogenated alkanes) is 31. The van der Waals surface area contributed by atoms with Crippen LogP contribution >= 0.6 is 0 Å². The molecule has 12 N–H and O–H groups in total. The van der Waals surface area contributed by atoms with Gasteiger partial charge in [0.2, 0.25) is 0 Å². The van der Waals surface area contributed by atoms with E-state index in [2.05, 4.69) is 223 Å². The second-order valence-electron chi connectivity index (χ2n) is 44.9. The molecule has 0 aliphatic heterocycles. The van der Waals surface area contributed by atoms with Crippen molar-refractivity contribution in [2.24, 2.45) is 51.5 Å². The zero-order valence-corrected chi connectivity index (χ0v) is 90.3. The molecule has 0 spiro atoms. The number of hydrogen-bond donors (Lipinski definition) is 8. The first-order valence-corrected chi connectivity index (χ1v) is 57.4. The van der Waals surface area contributed by atoms with Crippen molar-refractivity contribution >= 4 is 0 Å². The van der Waals surface area contributed by atoms with Crippen molar-refractivity contribution in [1.82, 2.24) is 0 Å². The Bertz CT molecular complexity index is 3810. The summed E-state index contributed by atoms with van der Waals surface area (Å²) < 4.78 is 0. The topological polar surface area (TPSA) is 185 Å². The van der Waals surface area contributed by atoms with Crippen LogP contribution in [0.1, 0.15) is 502 Å². The number of aliphatic hydroxyl groups is 4. The highest BCUT2D eigenvalue weighted by atomic mass is 16.3. The van der Waals surface area contributed by atoms with Gasteiger partial charge in [0, 0.05) is 35.4 Å². The second-order valence-corrected chi connectivity index (χ2v) is 44.9. The molecule has 0 heterocycles. The summed E-state index contributed by atoms with van der Waals surface area (Å²) in [4.78, 5) is 0. The van der Waals surface area contributed by atoms with Gasteiger partial charge in [-0.1, -0.05) is 428 Å². The normalized spacial score (nSPS) is 20.2. The molecule has 3 saturated carbocycles. The summed E-state index contributed by atoms with van der Waals surface area (Å²) in [5.41, 5.74) is 44.0. The molecule has 0 amide bonds. The van der Waals surface area contributed by atoms with Gasteiger partial charge in [0.25, 0.3) is 0 Å². The number of fused-ring (bicyclic) bond motifs is 1. The zero-order chi connectivity index (χ0) is 98.2. The van der Waals surface area contributed by atoms with Crippen LogP contribution in [-0.2, 0) is 77.0 Å². The Morgan fingerprint density at radius 1 is 0.333 bits per heavy atom. The predicted molar refractivity (Wildman–Crippen MR) is 591 cm³/mol. The van der Waals surface area contributed by atoms with E-state index in [1.165, 1.54) is 400 Å². The largest absolute Gasteiger partial charge is 0.396 e. The van der Waals surface area contributed by atoms with Crippen molar-refractivity contribution in [3.63, 3.8) is 0 Å². The Balaban J connectivity index is 0.000000286. The molecule has 10 rings (SSSR count). The van der Waals surface area contributed by atoms with Crippen LogP contribution in [0.3, 0.4) is 0 Å². The van der Waals surface area contributed by atoms with Crippen molar-refractivity contribution in [3.05, 3.63) is 212 Å². The van der Waals surface area contributed by atoms with Crippen LogP contribution < -0.4 is 22.9 Å². The van der Waals surface area contributed by atoms with Crippen molar-refractivity contribution in [3.8, 4) is 0 Å². The van der Waals surface area contributed by atoms with E-state index in [0.29, 0.717) is 31.0 Å². The third-order valence-electron chi connectivity index (χ3n) is 32.5. The van der Waals surface area contributed by atoms with Gasteiger partial charge in [0.15, 0.2) is 0 Å². The quantitative estimate of drug-likeness (QED) is 0.0173. The van der Waals surface area contributed by atoms with E-state index in [9.17, 15) is 20.4 Å². The van der Waals surface area contributed by atoms with Gasteiger partial charge >= 0.3 is 0 Å².